The second kappa shape index (κ2) is 8.50. The Hall–Kier alpha value is -0.580. The molecule has 0 spiro atoms. The summed E-state index contributed by atoms with van der Waals surface area (Å²) in [6.45, 7) is 3.25. The number of methoxy groups -OCH3 is 1. The summed E-state index contributed by atoms with van der Waals surface area (Å²) in [5.74, 6) is 1.62. The third-order valence-electron chi connectivity index (χ3n) is 2.24. The number of thioether (sulfide) groups is 1. The van der Waals surface area contributed by atoms with Crippen LogP contribution in [0.2, 0.25) is 0 Å². The number of ether oxygens (including phenoxy) is 2. The lowest BCUT2D eigenvalue weighted by atomic mass is 10.1. The molecule has 17 heavy (non-hydrogen) atoms. The molecule has 3 nitrogen and oxygen atoms in total. The van der Waals surface area contributed by atoms with Crippen molar-refractivity contribution in [3.63, 3.8) is 0 Å². The second-order valence-corrected chi connectivity index (χ2v) is 4.15. The van der Waals surface area contributed by atoms with Gasteiger partial charge in [-0.2, -0.15) is 0 Å². The van der Waals surface area contributed by atoms with Crippen LogP contribution >= 0.6 is 24.2 Å². The molecule has 2 N–H and O–H groups in total. The van der Waals surface area contributed by atoms with Gasteiger partial charge in [-0.3, -0.25) is 0 Å². The van der Waals surface area contributed by atoms with E-state index in [1.807, 2.05) is 19.2 Å². The molecule has 0 aliphatic carbocycles. The molecule has 0 bridgehead atoms. The summed E-state index contributed by atoms with van der Waals surface area (Å²) in [5, 5.41) is 0. The van der Waals surface area contributed by atoms with E-state index in [0.717, 1.165) is 22.8 Å². The average molecular weight is 278 g/mol. The Morgan fingerprint density at radius 2 is 2.06 bits per heavy atom. The largest absolute Gasteiger partial charge is 0.492 e. The van der Waals surface area contributed by atoms with Crippen LogP contribution in [0.5, 0.6) is 11.5 Å². The van der Waals surface area contributed by atoms with Crippen LogP contribution in [0, 0.1) is 0 Å². The zero-order chi connectivity index (χ0) is 12.0. The van der Waals surface area contributed by atoms with E-state index < -0.39 is 0 Å². The lowest BCUT2D eigenvalue weighted by Crippen LogP contribution is -2.04. The molecular weight excluding hydrogens is 258 g/mol. The van der Waals surface area contributed by atoms with Gasteiger partial charge in [0.2, 0.25) is 0 Å². The molecule has 0 aliphatic rings. The van der Waals surface area contributed by atoms with Crippen LogP contribution in [0.1, 0.15) is 12.5 Å². The molecule has 0 saturated heterocycles. The van der Waals surface area contributed by atoms with E-state index in [1.54, 1.807) is 18.9 Å². The van der Waals surface area contributed by atoms with Crippen molar-refractivity contribution in [2.24, 2.45) is 5.73 Å². The summed E-state index contributed by atoms with van der Waals surface area (Å²) >= 11 is 1.65. The Morgan fingerprint density at radius 3 is 2.53 bits per heavy atom. The zero-order valence-electron chi connectivity index (χ0n) is 10.5. The third kappa shape index (κ3) is 4.30. The van der Waals surface area contributed by atoms with Crippen molar-refractivity contribution in [3.8, 4) is 11.5 Å². The van der Waals surface area contributed by atoms with Gasteiger partial charge in [0.05, 0.1) is 18.6 Å². The van der Waals surface area contributed by atoms with E-state index >= 15 is 0 Å². The minimum atomic E-state index is 0. The molecule has 0 unspecified atom stereocenters. The first-order chi connectivity index (χ1) is 7.76. The molecule has 1 aromatic carbocycles. The molecule has 0 aromatic heterocycles. The molecule has 98 valence electrons. The summed E-state index contributed by atoms with van der Waals surface area (Å²) in [4.78, 5) is 1.09. The zero-order valence-corrected chi connectivity index (χ0v) is 12.1. The monoisotopic (exact) mass is 277 g/mol. The van der Waals surface area contributed by atoms with Crippen molar-refractivity contribution in [3.05, 3.63) is 17.7 Å². The van der Waals surface area contributed by atoms with Crippen LogP contribution in [0.15, 0.2) is 17.0 Å². The molecule has 0 saturated carbocycles. The molecule has 0 aliphatic heterocycles. The van der Waals surface area contributed by atoms with Gasteiger partial charge in [-0.1, -0.05) is 0 Å². The molecule has 1 rings (SSSR count). The standard InChI is InChI=1S/C12H19NO2S.ClH/c1-4-15-10-7-9(5-6-13)8-11(16-3)12(10)14-2;/h7-8H,4-6,13H2,1-3H3;1H. The van der Waals surface area contributed by atoms with E-state index in [4.69, 9.17) is 15.2 Å². The highest BCUT2D eigenvalue weighted by molar-refractivity contribution is 7.98. The van der Waals surface area contributed by atoms with Crippen LogP contribution in [-0.2, 0) is 6.42 Å². The highest BCUT2D eigenvalue weighted by Crippen LogP contribution is 2.38. The van der Waals surface area contributed by atoms with Crippen LogP contribution < -0.4 is 15.2 Å². The van der Waals surface area contributed by atoms with Crippen molar-refractivity contribution in [2.75, 3.05) is 26.5 Å². The lowest BCUT2D eigenvalue weighted by Gasteiger charge is -2.14. The Bertz CT molecular complexity index is 348. The average Bonchev–Trinajstić information content (AvgIpc) is 2.29. The van der Waals surface area contributed by atoms with Crippen LogP contribution in [-0.4, -0.2) is 26.5 Å². The number of halogens is 1. The highest BCUT2D eigenvalue weighted by Gasteiger charge is 2.11. The number of hydrogen-bond donors (Lipinski definition) is 1. The molecular formula is C12H20ClNO2S. The maximum atomic E-state index is 5.58. The summed E-state index contributed by atoms with van der Waals surface area (Å²) < 4.78 is 11.0. The molecule has 0 amide bonds. The van der Waals surface area contributed by atoms with E-state index in [2.05, 4.69) is 6.07 Å². The van der Waals surface area contributed by atoms with Crippen molar-refractivity contribution in [1.82, 2.24) is 0 Å². The number of rotatable bonds is 6. The van der Waals surface area contributed by atoms with Crippen LogP contribution in [0.3, 0.4) is 0 Å². The summed E-state index contributed by atoms with van der Waals surface area (Å²) in [6.07, 6.45) is 2.89. The predicted molar refractivity (Wildman–Crippen MR) is 76.0 cm³/mol. The molecule has 0 heterocycles. The normalized spacial score (nSPS) is 9.65. The van der Waals surface area contributed by atoms with E-state index in [-0.39, 0.29) is 12.4 Å². The van der Waals surface area contributed by atoms with Gasteiger partial charge < -0.3 is 15.2 Å². The molecule has 0 radical (unpaired) electrons. The van der Waals surface area contributed by atoms with E-state index in [1.165, 1.54) is 5.56 Å². The van der Waals surface area contributed by atoms with Gasteiger partial charge in [-0.05, 0) is 43.8 Å². The smallest absolute Gasteiger partial charge is 0.174 e. The van der Waals surface area contributed by atoms with Gasteiger partial charge in [-0.15, -0.1) is 24.2 Å². The molecule has 1 aromatic rings. The summed E-state index contributed by atoms with van der Waals surface area (Å²) in [5.41, 5.74) is 6.76. The van der Waals surface area contributed by atoms with Crippen molar-refractivity contribution >= 4 is 24.2 Å². The topological polar surface area (TPSA) is 44.5 Å². The maximum absolute atomic E-state index is 5.58. The van der Waals surface area contributed by atoms with Gasteiger partial charge in [0.15, 0.2) is 11.5 Å². The minimum Gasteiger partial charge on any atom is -0.492 e. The fraction of sp³-hybridized carbons (Fsp3) is 0.500. The fourth-order valence-corrected chi connectivity index (χ4v) is 2.20. The first kappa shape index (κ1) is 16.4. The number of benzene rings is 1. The van der Waals surface area contributed by atoms with Crippen LogP contribution in [0.4, 0.5) is 0 Å². The Kier molecular flexibility index (Phi) is 8.21. The van der Waals surface area contributed by atoms with Crippen molar-refractivity contribution in [1.29, 1.82) is 0 Å². The van der Waals surface area contributed by atoms with Crippen molar-refractivity contribution < 1.29 is 9.47 Å². The van der Waals surface area contributed by atoms with Gasteiger partial charge in [0.25, 0.3) is 0 Å². The van der Waals surface area contributed by atoms with E-state index in [0.29, 0.717) is 13.2 Å². The van der Waals surface area contributed by atoms with E-state index in [9.17, 15) is 0 Å². The fourth-order valence-electron chi connectivity index (χ4n) is 1.56. The molecule has 0 fully saturated rings. The Morgan fingerprint density at radius 1 is 1.35 bits per heavy atom. The van der Waals surface area contributed by atoms with Gasteiger partial charge in [0.1, 0.15) is 0 Å². The molecule has 0 atom stereocenters. The van der Waals surface area contributed by atoms with Gasteiger partial charge in [0, 0.05) is 0 Å². The SMILES string of the molecule is CCOc1cc(CCN)cc(SC)c1OC.Cl. The summed E-state index contributed by atoms with van der Waals surface area (Å²) in [7, 11) is 1.67. The second-order valence-electron chi connectivity index (χ2n) is 3.30. The minimum absolute atomic E-state index is 0. The Balaban J connectivity index is 0.00000256. The predicted octanol–water partition coefficient (Wildman–Crippen LogP) is 2.74. The lowest BCUT2D eigenvalue weighted by molar-refractivity contribution is 0.306. The first-order valence-electron chi connectivity index (χ1n) is 5.34. The highest BCUT2D eigenvalue weighted by atomic mass is 35.5. The maximum Gasteiger partial charge on any atom is 0.174 e. The van der Waals surface area contributed by atoms with Gasteiger partial charge in [-0.25, -0.2) is 0 Å². The van der Waals surface area contributed by atoms with Crippen LogP contribution in [0.25, 0.3) is 0 Å². The third-order valence-corrected chi connectivity index (χ3v) is 2.98. The quantitative estimate of drug-likeness (QED) is 0.812. The summed E-state index contributed by atoms with van der Waals surface area (Å²) in [6, 6.07) is 4.12. The van der Waals surface area contributed by atoms with Gasteiger partial charge >= 0.3 is 0 Å². The molecule has 5 heteroatoms. The Labute approximate surface area is 113 Å². The number of nitrogens with two attached hydrogens (primary N) is 1. The van der Waals surface area contributed by atoms with Crippen molar-refractivity contribution in [2.45, 2.75) is 18.2 Å². The number of hydrogen-bond acceptors (Lipinski definition) is 4. The first-order valence-corrected chi connectivity index (χ1v) is 6.57.